The van der Waals surface area contributed by atoms with E-state index in [1.807, 2.05) is 0 Å². The first-order chi connectivity index (χ1) is 7.63. The van der Waals surface area contributed by atoms with Crippen LogP contribution < -0.4 is 5.32 Å². The molecule has 0 aromatic heterocycles. The van der Waals surface area contributed by atoms with Crippen molar-refractivity contribution in [1.82, 2.24) is 10.2 Å². The molecule has 0 atom stereocenters. The number of rotatable bonds is 7. The van der Waals surface area contributed by atoms with Gasteiger partial charge in [-0.3, -0.25) is 9.59 Å². The lowest BCUT2D eigenvalue weighted by Crippen LogP contribution is -2.37. The van der Waals surface area contributed by atoms with Crippen molar-refractivity contribution in [3.63, 3.8) is 0 Å². The molecule has 1 saturated carbocycles. The summed E-state index contributed by atoms with van der Waals surface area (Å²) in [4.78, 5) is 23.3. The molecule has 16 heavy (non-hydrogen) atoms. The lowest BCUT2D eigenvalue weighted by molar-refractivity contribution is -0.143. The molecule has 0 heterocycles. The number of aliphatic carboxylic acids is 1. The van der Waals surface area contributed by atoms with Crippen LogP contribution in [-0.2, 0) is 9.59 Å². The van der Waals surface area contributed by atoms with Crippen LogP contribution in [0.3, 0.4) is 0 Å². The molecule has 0 radical (unpaired) electrons. The monoisotopic (exact) mass is 224 g/mol. The van der Waals surface area contributed by atoms with Crippen molar-refractivity contribution in [2.75, 3.05) is 19.6 Å². The minimum Gasteiger partial charge on any atom is -0.480 e. The van der Waals surface area contributed by atoms with Gasteiger partial charge in [-0.05, 0) is 12.8 Å². The minimum atomic E-state index is -1.04. The fourth-order valence-electron chi connectivity index (χ4n) is 1.33. The second-order valence-electron chi connectivity index (χ2n) is 3.83. The van der Waals surface area contributed by atoms with E-state index in [2.05, 4.69) is 11.2 Å². The summed E-state index contributed by atoms with van der Waals surface area (Å²) in [5.74, 6) is 1.03. The third kappa shape index (κ3) is 4.80. The highest BCUT2D eigenvalue weighted by Crippen LogP contribution is 2.18. The summed E-state index contributed by atoms with van der Waals surface area (Å²) in [7, 11) is 0. The summed E-state index contributed by atoms with van der Waals surface area (Å²) in [6, 6.07) is 0.549. The first kappa shape index (κ1) is 12.5. The molecule has 5 heteroatoms. The van der Waals surface area contributed by atoms with Gasteiger partial charge in [-0.25, -0.2) is 0 Å². The third-order valence-electron chi connectivity index (χ3n) is 2.31. The van der Waals surface area contributed by atoms with Crippen molar-refractivity contribution in [2.45, 2.75) is 25.3 Å². The van der Waals surface area contributed by atoms with E-state index in [1.54, 1.807) is 0 Å². The molecule has 1 aliphatic rings. The van der Waals surface area contributed by atoms with Gasteiger partial charge in [0, 0.05) is 19.0 Å². The van der Waals surface area contributed by atoms with Crippen molar-refractivity contribution in [3.8, 4) is 12.3 Å². The van der Waals surface area contributed by atoms with Crippen LogP contribution in [-0.4, -0.2) is 47.6 Å². The number of nitrogens with one attached hydrogen (secondary N) is 1. The molecule has 0 bridgehead atoms. The van der Waals surface area contributed by atoms with Gasteiger partial charge in [-0.1, -0.05) is 5.92 Å². The summed E-state index contributed by atoms with van der Waals surface area (Å²) >= 11 is 0. The van der Waals surface area contributed by atoms with Crippen LogP contribution in [0.4, 0.5) is 0 Å². The number of carbonyl (C=O) groups is 2. The molecule has 0 unspecified atom stereocenters. The maximum absolute atomic E-state index is 11.6. The van der Waals surface area contributed by atoms with E-state index in [0.29, 0.717) is 19.0 Å². The highest BCUT2D eigenvalue weighted by molar-refractivity contribution is 5.81. The van der Waals surface area contributed by atoms with E-state index in [4.69, 9.17) is 11.5 Å². The summed E-state index contributed by atoms with van der Waals surface area (Å²) in [5.41, 5.74) is 0. The fraction of sp³-hybridized carbons (Fsp3) is 0.636. The van der Waals surface area contributed by atoms with Crippen molar-refractivity contribution < 1.29 is 14.7 Å². The normalized spacial score (nSPS) is 14.2. The summed E-state index contributed by atoms with van der Waals surface area (Å²) < 4.78 is 0. The van der Waals surface area contributed by atoms with Crippen molar-refractivity contribution in [1.29, 1.82) is 0 Å². The van der Waals surface area contributed by atoms with Gasteiger partial charge in [0.15, 0.2) is 0 Å². The Labute approximate surface area is 94.8 Å². The van der Waals surface area contributed by atoms with Gasteiger partial charge in [-0.15, -0.1) is 6.42 Å². The Balaban J connectivity index is 2.27. The number of carbonyl (C=O) groups excluding carboxylic acids is 1. The first-order valence-electron chi connectivity index (χ1n) is 5.30. The van der Waals surface area contributed by atoms with Gasteiger partial charge < -0.3 is 15.3 Å². The zero-order valence-electron chi connectivity index (χ0n) is 9.11. The second kappa shape index (κ2) is 6.13. The molecular formula is C11H16N2O3. The molecule has 0 aliphatic heterocycles. The zero-order valence-corrected chi connectivity index (χ0v) is 9.11. The topological polar surface area (TPSA) is 69.6 Å². The van der Waals surface area contributed by atoms with Gasteiger partial charge >= 0.3 is 5.97 Å². The van der Waals surface area contributed by atoms with Crippen molar-refractivity contribution in [3.05, 3.63) is 0 Å². The molecule has 1 fully saturated rings. The summed E-state index contributed by atoms with van der Waals surface area (Å²) in [6.07, 6.45) is 7.70. The lowest BCUT2D eigenvalue weighted by atomic mass is 10.3. The number of terminal acetylenes is 1. The van der Waals surface area contributed by atoms with Gasteiger partial charge in [0.2, 0.25) is 5.91 Å². The minimum absolute atomic E-state index is 0.0502. The van der Waals surface area contributed by atoms with Crippen LogP contribution in [0, 0.1) is 12.3 Å². The third-order valence-corrected chi connectivity index (χ3v) is 2.31. The SMILES string of the molecule is C#CCN(CC(=O)O)C(=O)CCNC1CC1. The largest absolute Gasteiger partial charge is 0.480 e. The van der Waals surface area contributed by atoms with E-state index in [-0.39, 0.29) is 19.0 Å². The Bertz CT molecular complexity index is 305. The van der Waals surface area contributed by atoms with E-state index >= 15 is 0 Å². The molecule has 2 N–H and O–H groups in total. The smallest absolute Gasteiger partial charge is 0.323 e. The summed E-state index contributed by atoms with van der Waals surface area (Å²) in [5, 5.41) is 11.8. The Kier molecular flexibility index (Phi) is 4.80. The average molecular weight is 224 g/mol. The Morgan fingerprint density at radius 3 is 2.69 bits per heavy atom. The number of carboxylic acid groups (broad SMARTS) is 1. The van der Waals surface area contributed by atoms with Crippen LogP contribution in [0.2, 0.25) is 0 Å². The predicted octanol–water partition coefficient (Wildman–Crippen LogP) is -0.325. The number of nitrogens with zero attached hydrogens (tertiary/aromatic N) is 1. The van der Waals surface area contributed by atoms with Gasteiger partial charge in [-0.2, -0.15) is 0 Å². The predicted molar refractivity (Wildman–Crippen MR) is 58.7 cm³/mol. The van der Waals surface area contributed by atoms with Gasteiger partial charge in [0.1, 0.15) is 6.54 Å². The molecule has 5 nitrogen and oxygen atoms in total. The first-order valence-corrected chi connectivity index (χ1v) is 5.30. The Hall–Kier alpha value is -1.54. The Morgan fingerprint density at radius 1 is 1.50 bits per heavy atom. The number of carboxylic acids is 1. The fourth-order valence-corrected chi connectivity index (χ4v) is 1.33. The average Bonchev–Trinajstić information content (AvgIpc) is 3.00. The highest BCUT2D eigenvalue weighted by atomic mass is 16.4. The van der Waals surface area contributed by atoms with E-state index in [0.717, 1.165) is 12.8 Å². The van der Waals surface area contributed by atoms with Crippen LogP contribution in [0.5, 0.6) is 0 Å². The molecule has 0 saturated heterocycles. The lowest BCUT2D eigenvalue weighted by Gasteiger charge is -2.17. The Morgan fingerprint density at radius 2 is 2.19 bits per heavy atom. The van der Waals surface area contributed by atoms with Crippen LogP contribution in [0.1, 0.15) is 19.3 Å². The standard InChI is InChI=1S/C11H16N2O3/c1-2-7-13(8-11(15)16)10(14)5-6-12-9-3-4-9/h1,9,12H,3-8H2,(H,15,16). The zero-order chi connectivity index (χ0) is 12.0. The van der Waals surface area contributed by atoms with E-state index in [1.165, 1.54) is 4.90 Å². The van der Waals surface area contributed by atoms with Gasteiger partial charge in [0.05, 0.1) is 6.54 Å². The van der Waals surface area contributed by atoms with Crippen LogP contribution >= 0.6 is 0 Å². The second-order valence-corrected chi connectivity index (χ2v) is 3.83. The van der Waals surface area contributed by atoms with Crippen molar-refractivity contribution >= 4 is 11.9 Å². The summed E-state index contributed by atoms with van der Waals surface area (Å²) in [6.45, 7) is 0.311. The molecular weight excluding hydrogens is 208 g/mol. The molecule has 88 valence electrons. The molecule has 0 aromatic carbocycles. The van der Waals surface area contributed by atoms with E-state index in [9.17, 15) is 9.59 Å². The van der Waals surface area contributed by atoms with Crippen LogP contribution in [0.15, 0.2) is 0 Å². The molecule has 0 aromatic rings. The maximum atomic E-state index is 11.6. The van der Waals surface area contributed by atoms with Crippen LogP contribution in [0.25, 0.3) is 0 Å². The molecule has 1 rings (SSSR count). The van der Waals surface area contributed by atoms with Gasteiger partial charge in [0.25, 0.3) is 0 Å². The number of hydrogen-bond acceptors (Lipinski definition) is 3. The highest BCUT2D eigenvalue weighted by Gasteiger charge is 2.21. The number of amides is 1. The molecule has 0 spiro atoms. The number of hydrogen-bond donors (Lipinski definition) is 2. The molecule has 1 amide bonds. The quantitative estimate of drug-likeness (QED) is 0.581. The molecule has 1 aliphatic carbocycles. The van der Waals surface area contributed by atoms with E-state index < -0.39 is 5.97 Å². The van der Waals surface area contributed by atoms with Crippen molar-refractivity contribution in [2.24, 2.45) is 0 Å². The maximum Gasteiger partial charge on any atom is 0.323 e.